The molecule has 122 valence electrons. The molecule has 0 spiro atoms. The molecule has 0 unspecified atom stereocenters. The van der Waals surface area contributed by atoms with Gasteiger partial charge in [0.25, 0.3) is 5.91 Å². The maximum Gasteiger partial charge on any atom is 0.262 e. The molecule has 0 saturated heterocycles. The fraction of sp³-hybridized carbons (Fsp3) is 0.111. The molecule has 0 saturated carbocycles. The summed E-state index contributed by atoms with van der Waals surface area (Å²) in [6.45, 7) is 2.11. The second-order valence-corrected chi connectivity index (χ2v) is 5.51. The van der Waals surface area contributed by atoms with Crippen LogP contribution >= 0.6 is 11.6 Å². The van der Waals surface area contributed by atoms with E-state index >= 15 is 0 Å². The van der Waals surface area contributed by atoms with Crippen molar-refractivity contribution in [3.8, 4) is 6.07 Å². The normalized spacial score (nSPS) is 11.0. The molecule has 0 radical (unpaired) electrons. The predicted octanol–water partition coefficient (Wildman–Crippen LogP) is 4.15. The molecule has 2 aromatic carbocycles. The van der Waals surface area contributed by atoms with Gasteiger partial charge < -0.3 is 5.32 Å². The number of hydrogen-bond donors (Lipinski definition) is 1. The van der Waals surface area contributed by atoms with E-state index in [9.17, 15) is 13.6 Å². The number of halogens is 3. The van der Waals surface area contributed by atoms with Crippen molar-refractivity contribution in [2.75, 3.05) is 0 Å². The zero-order chi connectivity index (χ0) is 17.7. The third-order valence-corrected chi connectivity index (χ3v) is 3.56. The quantitative estimate of drug-likeness (QED) is 0.513. The highest BCUT2D eigenvalue weighted by Gasteiger charge is 2.15. The molecule has 0 fully saturated rings. The summed E-state index contributed by atoms with van der Waals surface area (Å²) >= 11 is 5.59. The number of rotatable bonds is 4. The molecular weight excluding hydrogens is 334 g/mol. The maximum absolute atomic E-state index is 13.9. The Morgan fingerprint density at radius 1 is 1.33 bits per heavy atom. The summed E-state index contributed by atoms with van der Waals surface area (Å²) in [4.78, 5) is 12.1. The molecule has 3 nitrogen and oxygen atoms in total. The van der Waals surface area contributed by atoms with Crippen LogP contribution in [0.25, 0.3) is 6.08 Å². The molecule has 1 amide bonds. The molecule has 24 heavy (non-hydrogen) atoms. The van der Waals surface area contributed by atoms with Crippen LogP contribution < -0.4 is 5.32 Å². The van der Waals surface area contributed by atoms with Crippen LogP contribution in [-0.2, 0) is 11.3 Å². The highest BCUT2D eigenvalue weighted by Crippen LogP contribution is 2.23. The molecule has 0 aliphatic rings. The van der Waals surface area contributed by atoms with Gasteiger partial charge in [-0.05, 0) is 30.7 Å². The van der Waals surface area contributed by atoms with E-state index in [4.69, 9.17) is 16.9 Å². The number of benzene rings is 2. The summed E-state index contributed by atoms with van der Waals surface area (Å²) in [6.07, 6.45) is 0.849. The summed E-state index contributed by atoms with van der Waals surface area (Å²) in [5, 5.41) is 11.3. The number of nitrogens with one attached hydrogen (secondary N) is 1. The predicted molar refractivity (Wildman–Crippen MR) is 88.0 cm³/mol. The zero-order valence-electron chi connectivity index (χ0n) is 12.7. The van der Waals surface area contributed by atoms with Crippen molar-refractivity contribution in [1.29, 1.82) is 5.26 Å². The van der Waals surface area contributed by atoms with Gasteiger partial charge in [0.2, 0.25) is 0 Å². The van der Waals surface area contributed by atoms with Crippen molar-refractivity contribution in [3.63, 3.8) is 0 Å². The first kappa shape index (κ1) is 17.6. The number of carbonyl (C=O) groups is 1. The Labute approximate surface area is 143 Å². The lowest BCUT2D eigenvalue weighted by atomic mass is 10.1. The van der Waals surface area contributed by atoms with Gasteiger partial charge in [0.05, 0.1) is 5.02 Å². The number of hydrogen-bond acceptors (Lipinski definition) is 2. The van der Waals surface area contributed by atoms with Crippen LogP contribution in [0.5, 0.6) is 0 Å². The Bertz CT molecular complexity index is 857. The molecule has 1 N–H and O–H groups in total. The van der Waals surface area contributed by atoms with Crippen molar-refractivity contribution in [2.24, 2.45) is 0 Å². The minimum Gasteiger partial charge on any atom is -0.347 e. The van der Waals surface area contributed by atoms with E-state index in [2.05, 4.69) is 5.32 Å². The molecule has 0 aliphatic carbocycles. The monoisotopic (exact) mass is 346 g/mol. The second-order valence-electron chi connectivity index (χ2n) is 5.10. The van der Waals surface area contributed by atoms with E-state index < -0.39 is 28.7 Å². The van der Waals surface area contributed by atoms with Crippen LogP contribution in [0, 0.1) is 29.9 Å². The minimum atomic E-state index is -1.02. The van der Waals surface area contributed by atoms with E-state index in [1.807, 2.05) is 31.2 Å². The van der Waals surface area contributed by atoms with Crippen LogP contribution in [0.4, 0.5) is 8.78 Å². The molecule has 0 aromatic heterocycles. The highest BCUT2D eigenvalue weighted by molar-refractivity contribution is 6.30. The molecular formula is C18H13ClF2N2O. The van der Waals surface area contributed by atoms with E-state index in [0.29, 0.717) is 0 Å². The lowest BCUT2D eigenvalue weighted by molar-refractivity contribution is -0.117. The Kier molecular flexibility index (Phi) is 5.67. The van der Waals surface area contributed by atoms with E-state index in [1.165, 1.54) is 0 Å². The van der Waals surface area contributed by atoms with Crippen LogP contribution in [0.2, 0.25) is 5.02 Å². The molecule has 2 rings (SSSR count). The Morgan fingerprint density at radius 2 is 2.08 bits per heavy atom. The first-order chi connectivity index (χ1) is 11.4. The molecule has 0 bridgehead atoms. The van der Waals surface area contributed by atoms with Crippen LogP contribution in [-0.4, -0.2) is 5.91 Å². The summed E-state index contributed by atoms with van der Waals surface area (Å²) in [6, 6.07) is 11.1. The summed E-state index contributed by atoms with van der Waals surface area (Å²) in [5.74, 6) is -2.65. The van der Waals surface area contributed by atoms with Gasteiger partial charge in [0, 0.05) is 12.1 Å². The average Bonchev–Trinajstić information content (AvgIpc) is 2.56. The van der Waals surface area contributed by atoms with E-state index in [0.717, 1.165) is 29.3 Å². The first-order valence-corrected chi connectivity index (χ1v) is 7.39. The average molecular weight is 347 g/mol. The summed E-state index contributed by atoms with van der Waals surface area (Å²) < 4.78 is 27.6. The largest absolute Gasteiger partial charge is 0.347 e. The number of amides is 1. The molecule has 0 atom stereocenters. The number of carbonyl (C=O) groups excluding carboxylic acids is 1. The van der Waals surface area contributed by atoms with Gasteiger partial charge in [0.15, 0.2) is 5.82 Å². The van der Waals surface area contributed by atoms with Gasteiger partial charge in [-0.2, -0.15) is 5.26 Å². The molecule has 0 heterocycles. The molecule has 6 heteroatoms. The first-order valence-electron chi connectivity index (χ1n) is 7.01. The van der Waals surface area contributed by atoms with Crippen LogP contribution in [0.1, 0.15) is 16.7 Å². The van der Waals surface area contributed by atoms with Gasteiger partial charge >= 0.3 is 0 Å². The van der Waals surface area contributed by atoms with Gasteiger partial charge in [-0.1, -0.05) is 41.4 Å². The van der Waals surface area contributed by atoms with Crippen molar-refractivity contribution >= 4 is 23.6 Å². The van der Waals surface area contributed by atoms with Crippen molar-refractivity contribution in [2.45, 2.75) is 13.5 Å². The number of aryl methyl sites for hydroxylation is 1. The Morgan fingerprint density at radius 3 is 2.75 bits per heavy atom. The lowest BCUT2D eigenvalue weighted by Gasteiger charge is -2.06. The second kappa shape index (κ2) is 7.71. The molecule has 0 aliphatic heterocycles. The van der Waals surface area contributed by atoms with E-state index in [1.54, 1.807) is 6.07 Å². The molecule has 2 aromatic rings. The fourth-order valence-corrected chi connectivity index (χ4v) is 2.23. The van der Waals surface area contributed by atoms with Crippen molar-refractivity contribution < 1.29 is 13.6 Å². The maximum atomic E-state index is 13.9. The van der Waals surface area contributed by atoms with Gasteiger partial charge in [-0.25, -0.2) is 8.78 Å². The third-order valence-electron chi connectivity index (χ3n) is 3.27. The van der Waals surface area contributed by atoms with Gasteiger partial charge in [0.1, 0.15) is 17.5 Å². The summed E-state index contributed by atoms with van der Waals surface area (Å²) in [7, 11) is 0. The smallest absolute Gasteiger partial charge is 0.262 e. The standard InChI is InChI=1S/C18H13ClF2N2O/c1-11-3-2-4-12(7-11)10-23-18(24)13(9-22)8-14-16(20)6-5-15(19)17(14)21/h2-8H,10H2,1H3,(H,23,24). The van der Waals surface area contributed by atoms with Gasteiger partial charge in [-0.15, -0.1) is 0 Å². The summed E-state index contributed by atoms with van der Waals surface area (Å²) in [5.41, 5.74) is 0.939. The van der Waals surface area contributed by atoms with E-state index in [-0.39, 0.29) is 11.6 Å². The third kappa shape index (κ3) is 4.18. The Hall–Kier alpha value is -2.71. The highest BCUT2D eigenvalue weighted by atomic mass is 35.5. The zero-order valence-corrected chi connectivity index (χ0v) is 13.5. The SMILES string of the molecule is Cc1cccc(CNC(=O)C(C#N)=Cc2c(F)ccc(Cl)c2F)c1. The minimum absolute atomic E-state index is 0.194. The van der Waals surface area contributed by atoms with Crippen LogP contribution in [0.3, 0.4) is 0 Å². The fourth-order valence-electron chi connectivity index (χ4n) is 2.07. The van der Waals surface area contributed by atoms with Crippen LogP contribution in [0.15, 0.2) is 42.0 Å². The number of nitriles is 1. The lowest BCUT2D eigenvalue weighted by Crippen LogP contribution is -2.24. The Balaban J connectivity index is 2.21. The topological polar surface area (TPSA) is 52.9 Å². The van der Waals surface area contributed by atoms with Gasteiger partial charge in [-0.3, -0.25) is 4.79 Å². The van der Waals surface area contributed by atoms with Crippen molar-refractivity contribution in [1.82, 2.24) is 5.32 Å². The number of nitrogens with zero attached hydrogens (tertiary/aromatic N) is 1. The van der Waals surface area contributed by atoms with Crippen molar-refractivity contribution in [3.05, 3.63) is 75.3 Å².